The molecule has 130 valence electrons. The van der Waals surface area contributed by atoms with Crippen LogP contribution in [0.3, 0.4) is 0 Å². The van der Waals surface area contributed by atoms with Gasteiger partial charge in [0.15, 0.2) is 0 Å². The Morgan fingerprint density at radius 3 is 2.68 bits per heavy atom. The molecule has 0 saturated heterocycles. The van der Waals surface area contributed by atoms with Gasteiger partial charge in [-0.3, -0.25) is 4.79 Å². The molecular formula is C20H21NO4. The number of carboxylic acids is 1. The molecule has 0 bridgehead atoms. The van der Waals surface area contributed by atoms with Gasteiger partial charge in [0.1, 0.15) is 5.75 Å². The fourth-order valence-electron chi connectivity index (χ4n) is 3.22. The molecule has 1 heterocycles. The SMILES string of the molecule is CCc1cccc2c1OCCC2NC(=O)Cc1ccccc1C(=O)O. The van der Waals surface area contributed by atoms with E-state index in [4.69, 9.17) is 4.74 Å². The second-order valence-corrected chi connectivity index (χ2v) is 6.09. The zero-order valence-corrected chi connectivity index (χ0v) is 14.1. The normalized spacial score (nSPS) is 15.8. The summed E-state index contributed by atoms with van der Waals surface area (Å²) in [6.45, 7) is 2.63. The van der Waals surface area contributed by atoms with Gasteiger partial charge in [-0.1, -0.05) is 43.3 Å². The van der Waals surface area contributed by atoms with E-state index in [1.54, 1.807) is 18.2 Å². The first-order valence-corrected chi connectivity index (χ1v) is 8.45. The number of nitrogens with one attached hydrogen (secondary N) is 1. The molecule has 3 rings (SSSR count). The molecule has 1 atom stereocenters. The van der Waals surface area contributed by atoms with Gasteiger partial charge in [-0.25, -0.2) is 4.79 Å². The van der Waals surface area contributed by atoms with Crippen molar-refractivity contribution in [2.24, 2.45) is 0 Å². The van der Waals surface area contributed by atoms with E-state index in [1.807, 2.05) is 18.2 Å². The highest BCUT2D eigenvalue weighted by Gasteiger charge is 2.25. The van der Waals surface area contributed by atoms with Crippen LogP contribution in [0.5, 0.6) is 5.75 Å². The highest BCUT2D eigenvalue weighted by atomic mass is 16.5. The molecule has 5 nitrogen and oxygen atoms in total. The van der Waals surface area contributed by atoms with Crippen molar-refractivity contribution in [3.63, 3.8) is 0 Å². The van der Waals surface area contributed by atoms with Crippen LogP contribution in [0.4, 0.5) is 0 Å². The number of benzene rings is 2. The minimum atomic E-state index is -1.02. The summed E-state index contributed by atoms with van der Waals surface area (Å²) < 4.78 is 5.80. The molecule has 5 heteroatoms. The number of hydrogen-bond acceptors (Lipinski definition) is 3. The number of rotatable bonds is 5. The van der Waals surface area contributed by atoms with Gasteiger partial charge in [-0.2, -0.15) is 0 Å². The molecule has 1 amide bonds. The Morgan fingerprint density at radius 1 is 1.16 bits per heavy atom. The number of amides is 1. The number of carbonyl (C=O) groups excluding carboxylic acids is 1. The van der Waals surface area contributed by atoms with Crippen molar-refractivity contribution in [3.05, 3.63) is 64.7 Å². The van der Waals surface area contributed by atoms with E-state index < -0.39 is 5.97 Å². The van der Waals surface area contributed by atoms with E-state index in [-0.39, 0.29) is 23.9 Å². The van der Waals surface area contributed by atoms with Crippen LogP contribution in [0.25, 0.3) is 0 Å². The number of hydrogen-bond donors (Lipinski definition) is 2. The van der Waals surface area contributed by atoms with Crippen LogP contribution in [0.15, 0.2) is 42.5 Å². The Morgan fingerprint density at radius 2 is 1.92 bits per heavy atom. The summed E-state index contributed by atoms with van der Waals surface area (Å²) in [7, 11) is 0. The van der Waals surface area contributed by atoms with Crippen molar-refractivity contribution < 1.29 is 19.4 Å². The number of fused-ring (bicyclic) bond motifs is 1. The Kier molecular flexibility index (Phi) is 5.03. The van der Waals surface area contributed by atoms with Crippen molar-refractivity contribution >= 4 is 11.9 Å². The lowest BCUT2D eigenvalue weighted by Crippen LogP contribution is -2.33. The Labute approximate surface area is 146 Å². The van der Waals surface area contributed by atoms with Gasteiger partial charge >= 0.3 is 5.97 Å². The van der Waals surface area contributed by atoms with Crippen LogP contribution in [-0.2, 0) is 17.6 Å². The van der Waals surface area contributed by atoms with E-state index in [9.17, 15) is 14.7 Å². The van der Waals surface area contributed by atoms with Gasteiger partial charge in [-0.15, -0.1) is 0 Å². The highest BCUT2D eigenvalue weighted by molar-refractivity contribution is 5.91. The zero-order valence-electron chi connectivity index (χ0n) is 14.1. The average molecular weight is 339 g/mol. The highest BCUT2D eigenvalue weighted by Crippen LogP contribution is 2.35. The summed E-state index contributed by atoms with van der Waals surface area (Å²) in [5, 5.41) is 12.3. The molecule has 0 radical (unpaired) electrons. The summed E-state index contributed by atoms with van der Waals surface area (Å²) in [4.78, 5) is 23.8. The quantitative estimate of drug-likeness (QED) is 0.877. The van der Waals surface area contributed by atoms with E-state index in [0.717, 1.165) is 23.3 Å². The lowest BCUT2D eigenvalue weighted by atomic mass is 9.96. The molecule has 25 heavy (non-hydrogen) atoms. The standard InChI is InChI=1S/C20H21NO4/c1-2-13-7-5-9-16-17(10-11-25-19(13)16)21-18(22)12-14-6-3-4-8-15(14)20(23)24/h3-9,17H,2,10-12H2,1H3,(H,21,22)(H,23,24). The molecular weight excluding hydrogens is 318 g/mol. The molecule has 0 fully saturated rings. The molecule has 0 spiro atoms. The average Bonchev–Trinajstić information content (AvgIpc) is 2.61. The van der Waals surface area contributed by atoms with Crippen molar-refractivity contribution in [2.75, 3.05) is 6.61 Å². The molecule has 1 aliphatic heterocycles. The van der Waals surface area contributed by atoms with E-state index in [0.29, 0.717) is 18.6 Å². The predicted octanol–water partition coefficient (Wildman–Crippen LogP) is 3.13. The molecule has 2 aromatic carbocycles. The first kappa shape index (κ1) is 17.0. The molecule has 1 aliphatic rings. The third-order valence-electron chi connectivity index (χ3n) is 4.47. The maximum absolute atomic E-state index is 12.5. The van der Waals surface area contributed by atoms with Crippen LogP contribution in [0, 0.1) is 0 Å². The number of aryl methyl sites for hydroxylation is 1. The van der Waals surface area contributed by atoms with Crippen molar-refractivity contribution in [2.45, 2.75) is 32.2 Å². The summed E-state index contributed by atoms with van der Waals surface area (Å²) in [6.07, 6.45) is 1.62. The molecule has 0 saturated carbocycles. The molecule has 1 unspecified atom stereocenters. The van der Waals surface area contributed by atoms with E-state index >= 15 is 0 Å². The van der Waals surface area contributed by atoms with Crippen LogP contribution in [-0.4, -0.2) is 23.6 Å². The van der Waals surface area contributed by atoms with Crippen LogP contribution in [0.2, 0.25) is 0 Å². The number of para-hydroxylation sites is 1. The van der Waals surface area contributed by atoms with Gasteiger partial charge in [0.25, 0.3) is 0 Å². The molecule has 0 aromatic heterocycles. The van der Waals surface area contributed by atoms with Gasteiger partial charge in [0.2, 0.25) is 5.91 Å². The third kappa shape index (κ3) is 3.65. The second-order valence-electron chi connectivity index (χ2n) is 6.09. The van der Waals surface area contributed by atoms with Crippen LogP contribution >= 0.6 is 0 Å². The van der Waals surface area contributed by atoms with Gasteiger partial charge in [0, 0.05) is 12.0 Å². The molecule has 2 N–H and O–H groups in total. The Bertz CT molecular complexity index is 800. The largest absolute Gasteiger partial charge is 0.493 e. The maximum atomic E-state index is 12.5. The summed E-state index contributed by atoms with van der Waals surface area (Å²) in [5.41, 5.74) is 2.80. The monoisotopic (exact) mass is 339 g/mol. The second kappa shape index (κ2) is 7.38. The topological polar surface area (TPSA) is 75.6 Å². The van der Waals surface area contributed by atoms with E-state index in [1.165, 1.54) is 6.07 Å². The fourth-order valence-corrected chi connectivity index (χ4v) is 3.22. The Hall–Kier alpha value is -2.82. The molecule has 2 aromatic rings. The smallest absolute Gasteiger partial charge is 0.335 e. The first-order chi connectivity index (χ1) is 12.1. The number of aromatic carboxylic acids is 1. The summed E-state index contributed by atoms with van der Waals surface area (Å²) in [5.74, 6) is -0.340. The van der Waals surface area contributed by atoms with Crippen LogP contribution in [0.1, 0.15) is 46.4 Å². The number of carbonyl (C=O) groups is 2. The van der Waals surface area contributed by atoms with Crippen molar-refractivity contribution in [1.29, 1.82) is 0 Å². The lowest BCUT2D eigenvalue weighted by Gasteiger charge is -2.28. The van der Waals surface area contributed by atoms with Gasteiger partial charge < -0.3 is 15.2 Å². The predicted molar refractivity (Wildman–Crippen MR) is 93.9 cm³/mol. The van der Waals surface area contributed by atoms with Crippen LogP contribution < -0.4 is 10.1 Å². The molecule has 0 aliphatic carbocycles. The fraction of sp³-hybridized carbons (Fsp3) is 0.300. The zero-order chi connectivity index (χ0) is 17.8. The number of ether oxygens (including phenoxy) is 1. The van der Waals surface area contributed by atoms with Crippen molar-refractivity contribution in [1.82, 2.24) is 5.32 Å². The minimum absolute atomic E-state index is 0.0443. The third-order valence-corrected chi connectivity index (χ3v) is 4.47. The number of carboxylic acid groups (broad SMARTS) is 1. The summed E-state index contributed by atoms with van der Waals surface area (Å²) >= 11 is 0. The lowest BCUT2D eigenvalue weighted by molar-refractivity contribution is -0.121. The van der Waals surface area contributed by atoms with Crippen molar-refractivity contribution in [3.8, 4) is 5.75 Å². The maximum Gasteiger partial charge on any atom is 0.335 e. The minimum Gasteiger partial charge on any atom is -0.493 e. The Balaban J connectivity index is 1.76. The van der Waals surface area contributed by atoms with Gasteiger partial charge in [-0.05, 0) is 23.6 Å². The summed E-state index contributed by atoms with van der Waals surface area (Å²) in [6, 6.07) is 12.5. The van der Waals surface area contributed by atoms with Gasteiger partial charge in [0.05, 0.1) is 24.6 Å². The first-order valence-electron chi connectivity index (χ1n) is 8.45. The van der Waals surface area contributed by atoms with E-state index in [2.05, 4.69) is 12.2 Å².